The highest BCUT2D eigenvalue weighted by atomic mass is 19.4. The highest BCUT2D eigenvalue weighted by Crippen LogP contribution is 2.36. The zero-order chi connectivity index (χ0) is 23.4. The first kappa shape index (κ1) is 24.3. The van der Waals surface area contributed by atoms with Gasteiger partial charge < -0.3 is 14.8 Å². The number of halogens is 3. The Morgan fingerprint density at radius 3 is 2.53 bits per heavy atom. The molecule has 2 aromatic carbocycles. The molecule has 1 aliphatic rings. The number of benzene rings is 2. The summed E-state index contributed by atoms with van der Waals surface area (Å²) in [5, 5.41) is 3.49. The van der Waals surface area contributed by atoms with Gasteiger partial charge in [-0.05, 0) is 56.9 Å². The van der Waals surface area contributed by atoms with E-state index >= 15 is 0 Å². The number of ether oxygens (including phenoxy) is 2. The van der Waals surface area contributed by atoms with E-state index in [1.165, 1.54) is 0 Å². The number of nitrogens with one attached hydrogen (secondary N) is 1. The summed E-state index contributed by atoms with van der Waals surface area (Å²) in [6.45, 7) is 6.26. The lowest BCUT2D eigenvalue weighted by Gasteiger charge is -2.41. The van der Waals surface area contributed by atoms with E-state index in [0.717, 1.165) is 17.7 Å². The van der Waals surface area contributed by atoms with E-state index in [9.17, 15) is 18.0 Å². The van der Waals surface area contributed by atoms with Gasteiger partial charge in [0.15, 0.2) is 0 Å². The van der Waals surface area contributed by atoms with E-state index in [1.54, 1.807) is 26.8 Å². The van der Waals surface area contributed by atoms with Gasteiger partial charge in [-0.1, -0.05) is 42.0 Å². The smallest absolute Gasteiger partial charge is 0.416 e. The number of rotatable bonds is 7. The molecule has 3 atom stereocenters. The first-order valence-corrected chi connectivity index (χ1v) is 10.9. The molecule has 4 nitrogen and oxygen atoms in total. The predicted molar refractivity (Wildman–Crippen MR) is 116 cm³/mol. The molecule has 0 spiro atoms. The molecule has 0 aromatic heterocycles. The van der Waals surface area contributed by atoms with Crippen molar-refractivity contribution >= 4 is 5.97 Å². The molecule has 174 valence electrons. The molecule has 0 radical (unpaired) electrons. The molecule has 1 aliphatic heterocycles. The van der Waals surface area contributed by atoms with Crippen LogP contribution in [0.2, 0.25) is 0 Å². The van der Waals surface area contributed by atoms with Gasteiger partial charge in [0.25, 0.3) is 0 Å². The summed E-state index contributed by atoms with van der Waals surface area (Å²) in [5.74, 6) is -0.439. The lowest BCUT2D eigenvalue weighted by Crippen LogP contribution is -2.53. The van der Waals surface area contributed by atoms with Crippen LogP contribution in [0.15, 0.2) is 48.5 Å². The molecule has 1 fully saturated rings. The zero-order valence-electron chi connectivity index (χ0n) is 18.7. The van der Waals surface area contributed by atoms with E-state index in [0.29, 0.717) is 37.1 Å². The van der Waals surface area contributed by atoms with Crippen LogP contribution in [0.5, 0.6) is 0 Å². The molecule has 1 saturated heterocycles. The number of hydrogen-bond donors (Lipinski definition) is 1. The average molecular weight is 450 g/mol. The van der Waals surface area contributed by atoms with Gasteiger partial charge in [-0.2, -0.15) is 13.2 Å². The Morgan fingerprint density at radius 1 is 1.22 bits per heavy atom. The molecular weight excluding hydrogens is 419 g/mol. The number of alkyl halides is 3. The van der Waals surface area contributed by atoms with Crippen LogP contribution in [0.25, 0.3) is 0 Å². The lowest BCUT2D eigenvalue weighted by atomic mass is 9.79. The average Bonchev–Trinajstić information content (AvgIpc) is 2.77. The van der Waals surface area contributed by atoms with Gasteiger partial charge in [0.05, 0.1) is 36.3 Å². The van der Waals surface area contributed by atoms with Crippen LogP contribution in [-0.4, -0.2) is 25.7 Å². The summed E-state index contributed by atoms with van der Waals surface area (Å²) in [4.78, 5) is 12.2. The molecule has 32 heavy (non-hydrogen) atoms. The molecule has 0 bridgehead atoms. The molecule has 1 N–H and O–H groups in total. The van der Waals surface area contributed by atoms with E-state index < -0.39 is 23.4 Å². The van der Waals surface area contributed by atoms with Crippen molar-refractivity contribution in [3.8, 4) is 0 Å². The fraction of sp³-hybridized carbons (Fsp3) is 0.480. The maximum Gasteiger partial charge on any atom is 0.416 e. The van der Waals surface area contributed by atoms with Gasteiger partial charge in [0.1, 0.15) is 0 Å². The van der Waals surface area contributed by atoms with Crippen molar-refractivity contribution in [2.24, 2.45) is 5.92 Å². The van der Waals surface area contributed by atoms with E-state index in [4.69, 9.17) is 9.47 Å². The van der Waals surface area contributed by atoms with Crippen molar-refractivity contribution in [3.63, 3.8) is 0 Å². The van der Waals surface area contributed by atoms with Crippen LogP contribution in [0.4, 0.5) is 13.2 Å². The fourth-order valence-corrected chi connectivity index (χ4v) is 4.18. The molecular formula is C25H30F3NO3. The maximum absolute atomic E-state index is 13.2. The molecule has 3 rings (SSSR count). The second-order valence-electron chi connectivity index (χ2n) is 8.40. The van der Waals surface area contributed by atoms with Gasteiger partial charge >= 0.3 is 12.1 Å². The Labute approximate surface area is 187 Å². The summed E-state index contributed by atoms with van der Waals surface area (Å²) >= 11 is 0. The zero-order valence-corrected chi connectivity index (χ0v) is 18.7. The highest BCUT2D eigenvalue weighted by molar-refractivity contribution is 5.72. The van der Waals surface area contributed by atoms with Crippen molar-refractivity contribution in [2.45, 2.75) is 51.4 Å². The minimum Gasteiger partial charge on any atom is -0.466 e. The molecule has 0 amide bonds. The maximum atomic E-state index is 13.2. The molecule has 2 aromatic rings. The van der Waals surface area contributed by atoms with Crippen LogP contribution in [-0.2, 0) is 26.0 Å². The molecule has 0 saturated carbocycles. The monoisotopic (exact) mass is 449 g/mol. The molecule has 0 aliphatic carbocycles. The van der Waals surface area contributed by atoms with Crippen molar-refractivity contribution < 1.29 is 27.4 Å². The third-order valence-electron chi connectivity index (χ3n) is 6.03. The first-order valence-electron chi connectivity index (χ1n) is 10.9. The number of piperidine rings is 1. The lowest BCUT2D eigenvalue weighted by molar-refractivity contribution is -0.149. The molecule has 7 heteroatoms. The molecule has 1 unspecified atom stereocenters. The standard InChI is InChI=1S/C25H30F3NO3/c1-4-31-23(30)19-10-11-24(29-15-19,21-8-6-5-7-9-21)16-32-18(3)20-12-17(2)13-22(14-20)25(26,27)28/h5-9,12-14,18-19,29H,4,10-11,15-16H2,1-3H3/t18-,19?,24-/m1/s1. The van der Waals surface area contributed by atoms with Gasteiger partial charge in [0.2, 0.25) is 0 Å². The largest absolute Gasteiger partial charge is 0.466 e. The van der Waals surface area contributed by atoms with Crippen molar-refractivity contribution in [3.05, 3.63) is 70.8 Å². The van der Waals surface area contributed by atoms with Crippen LogP contribution in [0.1, 0.15) is 55.0 Å². The highest BCUT2D eigenvalue weighted by Gasteiger charge is 2.40. The van der Waals surface area contributed by atoms with E-state index in [2.05, 4.69) is 5.32 Å². The number of aryl methyl sites for hydroxylation is 1. The normalized spacial score (nSPS) is 22.4. The van der Waals surface area contributed by atoms with Gasteiger partial charge in [0, 0.05) is 6.54 Å². The number of esters is 1. The third-order valence-corrected chi connectivity index (χ3v) is 6.03. The molecule has 1 heterocycles. The number of hydrogen-bond acceptors (Lipinski definition) is 4. The Bertz CT molecular complexity index is 906. The van der Waals surface area contributed by atoms with Crippen LogP contribution in [0.3, 0.4) is 0 Å². The third kappa shape index (κ3) is 5.70. The fourth-order valence-electron chi connectivity index (χ4n) is 4.18. The first-order chi connectivity index (χ1) is 15.1. The summed E-state index contributed by atoms with van der Waals surface area (Å²) in [6.07, 6.45) is -3.64. The second kappa shape index (κ2) is 10.0. The van der Waals surface area contributed by atoms with E-state index in [-0.39, 0.29) is 18.5 Å². The van der Waals surface area contributed by atoms with Gasteiger partial charge in [-0.25, -0.2) is 0 Å². The minimum absolute atomic E-state index is 0.213. The van der Waals surface area contributed by atoms with Gasteiger partial charge in [-0.15, -0.1) is 0 Å². The summed E-state index contributed by atoms with van der Waals surface area (Å²) in [6, 6.07) is 13.8. The van der Waals surface area contributed by atoms with E-state index in [1.807, 2.05) is 30.3 Å². The van der Waals surface area contributed by atoms with Gasteiger partial charge in [-0.3, -0.25) is 4.79 Å². The Balaban J connectivity index is 1.77. The Kier molecular flexibility index (Phi) is 7.62. The Hall–Kier alpha value is -2.38. The van der Waals surface area contributed by atoms with Crippen molar-refractivity contribution in [1.82, 2.24) is 5.32 Å². The number of carbonyl (C=O) groups excluding carboxylic acids is 1. The second-order valence-corrected chi connectivity index (χ2v) is 8.40. The Morgan fingerprint density at radius 2 is 1.94 bits per heavy atom. The SMILES string of the molecule is CCOC(=O)C1CC[C@@](CO[C@H](C)c2cc(C)cc(C(F)(F)F)c2)(c2ccccc2)NC1. The van der Waals surface area contributed by atoms with Crippen molar-refractivity contribution in [2.75, 3.05) is 19.8 Å². The summed E-state index contributed by atoms with van der Waals surface area (Å²) < 4.78 is 51.0. The van der Waals surface area contributed by atoms with Crippen LogP contribution >= 0.6 is 0 Å². The predicted octanol–water partition coefficient (Wildman–Crippen LogP) is 5.55. The number of carbonyl (C=O) groups is 1. The summed E-state index contributed by atoms with van der Waals surface area (Å²) in [7, 11) is 0. The summed E-state index contributed by atoms with van der Waals surface area (Å²) in [5.41, 5.74) is 0.843. The van der Waals surface area contributed by atoms with Crippen molar-refractivity contribution in [1.29, 1.82) is 0 Å². The van der Waals surface area contributed by atoms with Crippen LogP contribution in [0, 0.1) is 12.8 Å². The van der Waals surface area contributed by atoms with Crippen LogP contribution < -0.4 is 5.32 Å². The topological polar surface area (TPSA) is 47.6 Å². The minimum atomic E-state index is -4.40. The quantitative estimate of drug-likeness (QED) is 0.563.